The minimum atomic E-state index is -0.127. The second-order valence-corrected chi connectivity index (χ2v) is 9.41. The van der Waals surface area contributed by atoms with Crippen LogP contribution in [0.15, 0.2) is 72.8 Å². The summed E-state index contributed by atoms with van der Waals surface area (Å²) < 4.78 is 11.6. The number of para-hydroxylation sites is 2. The summed E-state index contributed by atoms with van der Waals surface area (Å²) in [6, 6.07) is 23.8. The zero-order valence-electron chi connectivity index (χ0n) is 18.5. The molecule has 5 rings (SSSR count). The van der Waals surface area contributed by atoms with Crippen LogP contribution in [0.1, 0.15) is 29.2 Å². The number of carbonyl (C=O) groups excluding carboxylic acids is 1. The first-order chi connectivity index (χ1) is 16.1. The highest BCUT2D eigenvalue weighted by molar-refractivity contribution is 8.01. The number of methoxy groups -OCH3 is 1. The molecular weight excluding hydrogens is 434 g/mol. The summed E-state index contributed by atoms with van der Waals surface area (Å²) in [5.74, 6) is 2.21. The zero-order valence-corrected chi connectivity index (χ0v) is 19.3. The number of benzene rings is 3. The first-order valence-corrected chi connectivity index (χ1v) is 11.8. The van der Waals surface area contributed by atoms with Gasteiger partial charge in [-0.3, -0.25) is 4.79 Å². The van der Waals surface area contributed by atoms with Crippen molar-refractivity contribution in [2.24, 2.45) is 0 Å². The summed E-state index contributed by atoms with van der Waals surface area (Å²) in [7, 11) is 1.64. The van der Waals surface area contributed by atoms with Crippen molar-refractivity contribution in [1.29, 1.82) is 0 Å². The fraction of sp³-hybridized carbons (Fsp3) is 0.231. The van der Waals surface area contributed by atoms with Gasteiger partial charge in [-0.2, -0.15) is 0 Å². The van der Waals surface area contributed by atoms with Gasteiger partial charge in [0.05, 0.1) is 29.9 Å². The average Bonchev–Trinajstić information content (AvgIpc) is 3.39. The number of thioether (sulfide) groups is 1. The smallest absolute Gasteiger partial charge is 0.237 e. The van der Waals surface area contributed by atoms with Crippen LogP contribution in [0.5, 0.6) is 11.5 Å². The minimum Gasteiger partial charge on any atom is -0.493 e. The van der Waals surface area contributed by atoms with Gasteiger partial charge < -0.3 is 19.4 Å². The molecule has 1 amide bonds. The Hall–Kier alpha value is -3.45. The molecule has 7 heteroatoms. The van der Waals surface area contributed by atoms with Crippen LogP contribution in [0.3, 0.4) is 0 Å². The third-order valence-electron chi connectivity index (χ3n) is 5.72. The zero-order chi connectivity index (χ0) is 22.8. The van der Waals surface area contributed by atoms with Crippen molar-refractivity contribution in [1.82, 2.24) is 14.9 Å². The molecule has 4 aromatic rings. The van der Waals surface area contributed by atoms with E-state index >= 15 is 0 Å². The van der Waals surface area contributed by atoms with Crippen molar-refractivity contribution >= 4 is 28.7 Å². The van der Waals surface area contributed by atoms with Gasteiger partial charge in [0.25, 0.3) is 0 Å². The fourth-order valence-corrected chi connectivity index (χ4v) is 5.30. The number of H-pyrrole nitrogens is 1. The van der Waals surface area contributed by atoms with Crippen molar-refractivity contribution < 1.29 is 14.3 Å². The van der Waals surface area contributed by atoms with Crippen LogP contribution < -0.4 is 9.47 Å². The lowest BCUT2D eigenvalue weighted by molar-refractivity contribution is -0.130. The molecule has 6 nitrogen and oxygen atoms in total. The molecule has 1 N–H and O–H groups in total. The van der Waals surface area contributed by atoms with Crippen LogP contribution in [0.2, 0.25) is 0 Å². The molecule has 33 heavy (non-hydrogen) atoms. The molecule has 1 aromatic heterocycles. The summed E-state index contributed by atoms with van der Waals surface area (Å²) in [6.45, 7) is 2.83. The molecule has 0 radical (unpaired) electrons. The summed E-state index contributed by atoms with van der Waals surface area (Å²) in [6.07, 6.45) is 0. The summed E-state index contributed by atoms with van der Waals surface area (Å²) in [5.41, 5.74) is 3.96. The molecule has 168 valence electrons. The number of nitrogens with zero attached hydrogens (tertiary/aromatic N) is 2. The maximum Gasteiger partial charge on any atom is 0.237 e. The quantitative estimate of drug-likeness (QED) is 0.406. The van der Waals surface area contributed by atoms with Crippen molar-refractivity contribution in [3.8, 4) is 11.5 Å². The van der Waals surface area contributed by atoms with Crippen molar-refractivity contribution in [3.05, 3.63) is 89.7 Å². The van der Waals surface area contributed by atoms with Gasteiger partial charge >= 0.3 is 0 Å². The number of carbonyl (C=O) groups is 1. The Bertz CT molecular complexity index is 1240. The number of hydrogen-bond acceptors (Lipinski definition) is 5. The molecule has 0 aliphatic carbocycles. The third-order valence-corrected chi connectivity index (χ3v) is 7.11. The molecule has 0 bridgehead atoms. The van der Waals surface area contributed by atoms with Crippen LogP contribution in [0.25, 0.3) is 11.0 Å². The van der Waals surface area contributed by atoms with Gasteiger partial charge in [0.2, 0.25) is 5.91 Å². The van der Waals surface area contributed by atoms with E-state index in [1.54, 1.807) is 18.9 Å². The van der Waals surface area contributed by atoms with Gasteiger partial charge in [-0.25, -0.2) is 4.98 Å². The molecule has 2 atom stereocenters. The van der Waals surface area contributed by atoms with Crippen molar-refractivity contribution in [3.63, 3.8) is 0 Å². The molecule has 2 unspecified atom stereocenters. The van der Waals surface area contributed by atoms with E-state index in [2.05, 4.69) is 9.97 Å². The Morgan fingerprint density at radius 2 is 1.82 bits per heavy atom. The topological polar surface area (TPSA) is 67.5 Å². The van der Waals surface area contributed by atoms with Gasteiger partial charge in [0, 0.05) is 0 Å². The maximum absolute atomic E-state index is 13.0. The number of amides is 1. The van der Waals surface area contributed by atoms with Gasteiger partial charge in [-0.1, -0.05) is 48.5 Å². The maximum atomic E-state index is 13.0. The monoisotopic (exact) mass is 459 g/mol. The SMILES string of the molecule is COc1cc(C2SC(C)C(=O)N2Cc2nc3ccccc3[nH]2)ccc1OCc1ccccc1. The predicted octanol–water partition coefficient (Wildman–Crippen LogP) is 5.31. The van der Waals surface area contributed by atoms with E-state index in [9.17, 15) is 4.79 Å². The number of aromatic nitrogens is 2. The highest BCUT2D eigenvalue weighted by Gasteiger charge is 2.39. The summed E-state index contributed by atoms with van der Waals surface area (Å²) in [4.78, 5) is 22.9. The van der Waals surface area contributed by atoms with Crippen LogP contribution in [0.4, 0.5) is 0 Å². The molecule has 0 spiro atoms. The Morgan fingerprint density at radius 1 is 1.03 bits per heavy atom. The summed E-state index contributed by atoms with van der Waals surface area (Å²) >= 11 is 1.63. The van der Waals surface area contributed by atoms with E-state index < -0.39 is 0 Å². The lowest BCUT2D eigenvalue weighted by Gasteiger charge is -2.24. The van der Waals surface area contributed by atoms with Gasteiger partial charge in [-0.05, 0) is 42.3 Å². The minimum absolute atomic E-state index is 0.105. The van der Waals surface area contributed by atoms with Crippen LogP contribution >= 0.6 is 11.8 Å². The summed E-state index contributed by atoms with van der Waals surface area (Å²) in [5, 5.41) is -0.253. The normalized spacial score (nSPS) is 18.1. The van der Waals surface area contributed by atoms with Gasteiger partial charge in [-0.15, -0.1) is 11.8 Å². The lowest BCUT2D eigenvalue weighted by Crippen LogP contribution is -2.30. The molecule has 1 aliphatic heterocycles. The number of hydrogen-bond donors (Lipinski definition) is 1. The Kier molecular flexibility index (Phi) is 5.96. The Morgan fingerprint density at radius 3 is 2.61 bits per heavy atom. The molecule has 1 fully saturated rings. The molecule has 2 heterocycles. The van der Waals surface area contributed by atoms with E-state index in [-0.39, 0.29) is 16.5 Å². The number of imidazole rings is 1. The largest absolute Gasteiger partial charge is 0.493 e. The van der Waals surface area contributed by atoms with Gasteiger partial charge in [0.1, 0.15) is 17.8 Å². The Balaban J connectivity index is 1.38. The number of aromatic amines is 1. The van der Waals surface area contributed by atoms with Crippen molar-refractivity contribution in [2.45, 2.75) is 30.7 Å². The first kappa shape index (κ1) is 21.4. The van der Waals surface area contributed by atoms with Crippen LogP contribution in [-0.4, -0.2) is 33.1 Å². The van der Waals surface area contributed by atoms with Crippen molar-refractivity contribution in [2.75, 3.05) is 7.11 Å². The van der Waals surface area contributed by atoms with Crippen LogP contribution in [0, 0.1) is 0 Å². The van der Waals surface area contributed by atoms with Crippen LogP contribution in [-0.2, 0) is 17.9 Å². The average molecular weight is 460 g/mol. The van der Waals surface area contributed by atoms with E-state index in [0.717, 1.165) is 28.0 Å². The molecular formula is C26H25N3O3S. The second-order valence-electron chi connectivity index (χ2n) is 7.98. The molecule has 1 aliphatic rings. The number of nitrogens with one attached hydrogen (secondary N) is 1. The first-order valence-electron chi connectivity index (χ1n) is 10.9. The molecule has 0 saturated carbocycles. The molecule has 1 saturated heterocycles. The van der Waals surface area contributed by atoms with E-state index in [1.165, 1.54) is 0 Å². The van der Waals surface area contributed by atoms with E-state index in [1.807, 2.05) is 84.6 Å². The second kappa shape index (κ2) is 9.19. The highest BCUT2D eigenvalue weighted by Crippen LogP contribution is 2.45. The van der Waals surface area contributed by atoms with Gasteiger partial charge in [0.15, 0.2) is 11.5 Å². The number of fused-ring (bicyclic) bond motifs is 1. The molecule has 3 aromatic carbocycles. The van der Waals surface area contributed by atoms with E-state index in [0.29, 0.717) is 24.7 Å². The fourth-order valence-electron chi connectivity index (χ4n) is 4.03. The number of rotatable bonds is 7. The Labute approximate surface area is 196 Å². The highest BCUT2D eigenvalue weighted by atomic mass is 32.2. The lowest BCUT2D eigenvalue weighted by atomic mass is 10.1. The number of ether oxygens (including phenoxy) is 2. The third kappa shape index (κ3) is 4.41. The van der Waals surface area contributed by atoms with E-state index in [4.69, 9.17) is 9.47 Å². The standard InChI is InChI=1S/C26H25N3O3S/c1-17-25(30)29(15-24-27-20-10-6-7-11-21(20)28-24)26(33-17)19-12-13-22(23(14-19)31-2)32-16-18-8-4-3-5-9-18/h3-14,17,26H,15-16H2,1-2H3,(H,27,28). The predicted molar refractivity (Wildman–Crippen MR) is 130 cm³/mol.